The van der Waals surface area contributed by atoms with Gasteiger partial charge >= 0.3 is 6.18 Å². The highest BCUT2D eigenvalue weighted by Crippen LogP contribution is 2.45. The third-order valence-corrected chi connectivity index (χ3v) is 2.90. The number of piperidine rings is 1. The van der Waals surface area contributed by atoms with Crippen molar-refractivity contribution in [1.82, 2.24) is 4.90 Å². The van der Waals surface area contributed by atoms with E-state index >= 15 is 0 Å². The van der Waals surface area contributed by atoms with Crippen LogP contribution in [0.2, 0.25) is 0 Å². The van der Waals surface area contributed by atoms with Crippen LogP contribution in [-0.4, -0.2) is 41.4 Å². The summed E-state index contributed by atoms with van der Waals surface area (Å²) in [7, 11) is 0. The van der Waals surface area contributed by atoms with Gasteiger partial charge in [0.2, 0.25) is 0 Å². The van der Waals surface area contributed by atoms with Gasteiger partial charge < -0.3 is 5.11 Å². The Morgan fingerprint density at radius 3 is 2.33 bits per heavy atom. The molecule has 2 bridgehead atoms. The predicted octanol–water partition coefficient (Wildman–Crippen LogP) is 0.615. The van der Waals surface area contributed by atoms with E-state index in [9.17, 15) is 18.3 Å². The van der Waals surface area contributed by atoms with Crippen molar-refractivity contribution >= 4 is 0 Å². The van der Waals surface area contributed by atoms with Crippen molar-refractivity contribution in [3.8, 4) is 0 Å². The van der Waals surface area contributed by atoms with Crippen LogP contribution < -0.4 is 0 Å². The molecule has 2 aliphatic rings. The lowest BCUT2D eigenvalue weighted by atomic mass is 9.87. The number of alkyl halides is 3. The Bertz CT molecular complexity index is 205. The van der Waals surface area contributed by atoms with Crippen LogP contribution >= 0.6 is 0 Å². The van der Waals surface area contributed by atoms with E-state index < -0.39 is 17.7 Å². The van der Waals surface area contributed by atoms with E-state index in [1.807, 2.05) is 0 Å². The second kappa shape index (κ2) is 2.14. The summed E-state index contributed by atoms with van der Waals surface area (Å²) >= 11 is 0. The summed E-state index contributed by atoms with van der Waals surface area (Å²) in [6.45, 7) is 0.861. The topological polar surface area (TPSA) is 23.5 Å². The van der Waals surface area contributed by atoms with Gasteiger partial charge in [-0.15, -0.1) is 0 Å². The average Bonchev–Trinajstić information content (AvgIpc) is 2.43. The highest BCUT2D eigenvalue weighted by molar-refractivity contribution is 5.06. The number of aliphatic hydroxyl groups is 1. The van der Waals surface area contributed by atoms with Gasteiger partial charge in [-0.3, -0.25) is 4.90 Å². The third kappa shape index (κ3) is 0.894. The Morgan fingerprint density at radius 2 is 2.08 bits per heavy atom. The molecule has 0 spiro atoms. The number of nitrogens with zero attached hydrogens (tertiary/aromatic N) is 1. The molecule has 0 aromatic carbocycles. The lowest BCUT2D eigenvalue weighted by Crippen LogP contribution is -2.54. The Hall–Kier alpha value is -0.290. The van der Waals surface area contributed by atoms with Crippen LogP contribution in [0.15, 0.2) is 0 Å². The van der Waals surface area contributed by atoms with Gasteiger partial charge in [0.05, 0.1) is 0 Å². The minimum atomic E-state index is -4.47. The third-order valence-electron chi connectivity index (χ3n) is 2.90. The summed E-state index contributed by atoms with van der Waals surface area (Å²) < 4.78 is 37.0. The van der Waals surface area contributed by atoms with E-state index in [-0.39, 0.29) is 6.54 Å². The summed E-state index contributed by atoms with van der Waals surface area (Å²) in [6.07, 6.45) is -4.00. The minimum Gasteiger partial charge on any atom is -0.379 e. The molecule has 0 aromatic rings. The quantitative estimate of drug-likeness (QED) is 0.592. The average molecular weight is 181 g/mol. The molecule has 0 amide bonds. The summed E-state index contributed by atoms with van der Waals surface area (Å²) in [6, 6.07) is 0. The van der Waals surface area contributed by atoms with Gasteiger partial charge in [0.25, 0.3) is 0 Å². The van der Waals surface area contributed by atoms with Gasteiger partial charge in [0.1, 0.15) is 0 Å². The van der Waals surface area contributed by atoms with Gasteiger partial charge in [-0.1, -0.05) is 0 Å². The molecule has 2 rings (SSSR count). The fourth-order valence-corrected chi connectivity index (χ4v) is 2.16. The van der Waals surface area contributed by atoms with E-state index in [4.69, 9.17) is 0 Å². The molecule has 0 aromatic heterocycles. The number of hydrogen-bond donors (Lipinski definition) is 1. The summed E-state index contributed by atoms with van der Waals surface area (Å²) in [5.41, 5.74) is -2.43. The van der Waals surface area contributed by atoms with Crippen molar-refractivity contribution in [2.24, 2.45) is 5.92 Å². The van der Waals surface area contributed by atoms with Crippen molar-refractivity contribution in [3.05, 3.63) is 0 Å². The second-order valence-electron chi connectivity index (χ2n) is 3.64. The van der Waals surface area contributed by atoms with E-state index in [0.717, 1.165) is 0 Å². The first-order chi connectivity index (χ1) is 5.43. The van der Waals surface area contributed by atoms with Crippen LogP contribution in [0.5, 0.6) is 0 Å². The highest BCUT2D eigenvalue weighted by Gasteiger charge is 2.64. The molecular formula is C7H10F3NO. The van der Waals surface area contributed by atoms with Crippen LogP contribution in [0.1, 0.15) is 6.42 Å². The smallest absolute Gasteiger partial charge is 0.379 e. The minimum absolute atomic E-state index is 0.235. The van der Waals surface area contributed by atoms with E-state index in [1.165, 1.54) is 0 Å². The molecule has 2 aliphatic heterocycles. The summed E-state index contributed by atoms with van der Waals surface area (Å²) in [5, 5.41) is 9.35. The Labute approximate surface area is 68.0 Å². The van der Waals surface area contributed by atoms with Crippen molar-refractivity contribution in [3.63, 3.8) is 0 Å². The Balaban J connectivity index is 2.23. The van der Waals surface area contributed by atoms with Gasteiger partial charge in [-0.25, -0.2) is 0 Å². The molecule has 12 heavy (non-hydrogen) atoms. The van der Waals surface area contributed by atoms with E-state index in [0.29, 0.717) is 19.5 Å². The normalized spacial score (nSPS) is 47.0. The van der Waals surface area contributed by atoms with Crippen LogP contribution in [0, 0.1) is 5.92 Å². The fraction of sp³-hybridized carbons (Fsp3) is 1.00. The van der Waals surface area contributed by atoms with Crippen LogP contribution in [0.25, 0.3) is 0 Å². The van der Waals surface area contributed by atoms with Crippen molar-refractivity contribution < 1.29 is 18.3 Å². The Morgan fingerprint density at radius 1 is 1.42 bits per heavy atom. The zero-order valence-electron chi connectivity index (χ0n) is 6.43. The molecule has 2 heterocycles. The maximum atomic E-state index is 12.3. The van der Waals surface area contributed by atoms with E-state index in [1.54, 1.807) is 4.90 Å². The van der Waals surface area contributed by atoms with Crippen LogP contribution in [0.3, 0.4) is 0 Å². The molecule has 0 saturated carbocycles. The molecule has 2 fully saturated rings. The van der Waals surface area contributed by atoms with Crippen molar-refractivity contribution in [1.29, 1.82) is 0 Å². The zero-order valence-corrected chi connectivity index (χ0v) is 6.43. The lowest BCUT2D eigenvalue weighted by Gasteiger charge is -2.33. The highest BCUT2D eigenvalue weighted by atomic mass is 19.4. The van der Waals surface area contributed by atoms with Gasteiger partial charge in [0.15, 0.2) is 5.60 Å². The standard InChI is InChI=1S/C7H10F3NO/c8-7(9,10)6(12)4-11-2-1-5(6)3-11/h5,12H,1-4H2/t5-,6-/m0/s1. The molecule has 70 valence electrons. The first kappa shape index (κ1) is 8.31. The number of halogens is 3. The second-order valence-corrected chi connectivity index (χ2v) is 3.64. The first-order valence-electron chi connectivity index (χ1n) is 3.95. The van der Waals surface area contributed by atoms with Crippen molar-refractivity contribution in [2.75, 3.05) is 19.6 Å². The molecule has 2 saturated heterocycles. The van der Waals surface area contributed by atoms with Gasteiger partial charge in [0, 0.05) is 19.0 Å². The Kier molecular flexibility index (Phi) is 1.48. The number of rotatable bonds is 0. The summed E-state index contributed by atoms with van der Waals surface area (Å²) in [5.74, 6) is -0.600. The SMILES string of the molecule is O[C@@]1(C(F)(F)F)CN2CC[C@H]1C2. The zero-order chi connectivity index (χ0) is 8.98. The molecule has 0 aliphatic carbocycles. The van der Waals surface area contributed by atoms with Crippen LogP contribution in [-0.2, 0) is 0 Å². The van der Waals surface area contributed by atoms with Crippen LogP contribution in [0.4, 0.5) is 13.2 Å². The predicted molar refractivity (Wildman–Crippen MR) is 35.6 cm³/mol. The maximum Gasteiger partial charge on any atom is 0.418 e. The largest absolute Gasteiger partial charge is 0.418 e. The molecule has 3 atom stereocenters. The van der Waals surface area contributed by atoms with E-state index in [2.05, 4.69) is 0 Å². The molecule has 1 N–H and O–H groups in total. The van der Waals surface area contributed by atoms with Gasteiger partial charge in [-0.2, -0.15) is 13.2 Å². The molecule has 5 heteroatoms. The van der Waals surface area contributed by atoms with Gasteiger partial charge in [-0.05, 0) is 13.0 Å². The molecule has 2 nitrogen and oxygen atoms in total. The number of hydrogen-bond acceptors (Lipinski definition) is 2. The summed E-state index contributed by atoms with van der Waals surface area (Å²) in [4.78, 5) is 1.66. The maximum absolute atomic E-state index is 12.3. The number of fused-ring (bicyclic) bond motifs is 2. The van der Waals surface area contributed by atoms with Crippen molar-refractivity contribution in [2.45, 2.75) is 18.2 Å². The monoisotopic (exact) mass is 181 g/mol. The molecule has 0 radical (unpaired) electrons. The lowest BCUT2D eigenvalue weighted by molar-refractivity contribution is -0.272. The fourth-order valence-electron chi connectivity index (χ4n) is 2.16. The molecular weight excluding hydrogens is 171 g/mol. The molecule has 1 unspecified atom stereocenters. The first-order valence-corrected chi connectivity index (χ1v) is 3.95.